The number of hydrogen-bond donors (Lipinski definition) is 0. The molecule has 0 aliphatic carbocycles. The van der Waals surface area contributed by atoms with E-state index < -0.39 is 0 Å². The van der Waals surface area contributed by atoms with Gasteiger partial charge in [-0.2, -0.15) is 0 Å². The van der Waals surface area contributed by atoms with Gasteiger partial charge in [-0.1, -0.05) is 0 Å². The van der Waals surface area contributed by atoms with Crippen molar-refractivity contribution in [2.24, 2.45) is 0 Å². The van der Waals surface area contributed by atoms with E-state index in [-0.39, 0.29) is 5.78 Å². The van der Waals surface area contributed by atoms with E-state index in [4.69, 9.17) is 0 Å². The average molecular weight is 162 g/mol. The summed E-state index contributed by atoms with van der Waals surface area (Å²) in [7, 11) is 0. The van der Waals surface area contributed by atoms with Crippen LogP contribution >= 0.6 is 0 Å². The Balaban J connectivity index is 2.68. The summed E-state index contributed by atoms with van der Waals surface area (Å²) in [6.45, 7) is 1.51. The van der Waals surface area contributed by atoms with Crippen LogP contribution < -0.4 is 0 Å². The largest absolute Gasteiger partial charge is 0.295 e. The van der Waals surface area contributed by atoms with Crippen LogP contribution in [0, 0.1) is 0 Å². The maximum Gasteiger partial charge on any atom is 0.159 e. The van der Waals surface area contributed by atoms with E-state index in [1.165, 1.54) is 6.92 Å². The van der Waals surface area contributed by atoms with Gasteiger partial charge in [-0.25, -0.2) is 4.63 Å². The lowest BCUT2D eigenvalue weighted by molar-refractivity contribution is 0.101. The van der Waals surface area contributed by atoms with Crippen molar-refractivity contribution in [3.63, 3.8) is 0 Å². The number of benzene rings is 1. The van der Waals surface area contributed by atoms with Gasteiger partial charge in [0.15, 0.2) is 5.78 Å². The molecule has 0 saturated carbocycles. The van der Waals surface area contributed by atoms with Gasteiger partial charge >= 0.3 is 0 Å². The molecule has 0 N–H and O–H groups in total. The van der Waals surface area contributed by atoms with Crippen molar-refractivity contribution in [2.75, 3.05) is 0 Å². The summed E-state index contributed by atoms with van der Waals surface area (Å²) < 4.78 is 4.49. The Hall–Kier alpha value is -1.71. The lowest BCUT2D eigenvalue weighted by atomic mass is 10.1. The predicted molar refractivity (Wildman–Crippen MR) is 41.8 cm³/mol. The van der Waals surface area contributed by atoms with Crippen LogP contribution in [0.4, 0.5) is 0 Å². The number of carbonyl (C=O) groups excluding carboxylic acids is 1. The Morgan fingerprint density at radius 3 is 2.83 bits per heavy atom. The molecular formula is C8H6N2O2. The number of nitrogens with zero attached hydrogens (tertiary/aromatic N) is 2. The van der Waals surface area contributed by atoms with Crippen molar-refractivity contribution in [3.05, 3.63) is 23.8 Å². The molecule has 0 aliphatic rings. The molecule has 0 amide bonds. The molecule has 1 aromatic carbocycles. The molecule has 0 spiro atoms. The number of rotatable bonds is 1. The Morgan fingerprint density at radius 2 is 2.08 bits per heavy atom. The van der Waals surface area contributed by atoms with Crippen molar-refractivity contribution in [1.82, 2.24) is 10.3 Å². The van der Waals surface area contributed by atoms with E-state index in [1.807, 2.05) is 0 Å². The van der Waals surface area contributed by atoms with Crippen LogP contribution in [0.3, 0.4) is 0 Å². The number of carbonyl (C=O) groups is 1. The van der Waals surface area contributed by atoms with Crippen molar-refractivity contribution in [3.8, 4) is 0 Å². The standard InChI is InChI=1S/C8H6N2O2/c1-5(11)6-2-3-7-8(4-6)10-12-9-7/h2-4H,1H3. The molecule has 4 nitrogen and oxygen atoms in total. The van der Waals surface area contributed by atoms with Gasteiger partial charge in [0, 0.05) is 5.56 Å². The van der Waals surface area contributed by atoms with Crippen LogP contribution in [0.1, 0.15) is 17.3 Å². The van der Waals surface area contributed by atoms with Crippen LogP contribution in [-0.4, -0.2) is 16.1 Å². The molecule has 0 aliphatic heterocycles. The summed E-state index contributed by atoms with van der Waals surface area (Å²) in [6, 6.07) is 5.08. The zero-order valence-corrected chi connectivity index (χ0v) is 6.44. The summed E-state index contributed by atoms with van der Waals surface area (Å²) in [5.74, 6) is 0.0138. The summed E-state index contributed by atoms with van der Waals surface area (Å²) in [6.07, 6.45) is 0. The van der Waals surface area contributed by atoms with Crippen LogP contribution in [0.15, 0.2) is 22.8 Å². The Morgan fingerprint density at radius 1 is 1.33 bits per heavy atom. The zero-order valence-electron chi connectivity index (χ0n) is 6.44. The highest BCUT2D eigenvalue weighted by Gasteiger charge is 2.03. The Kier molecular flexibility index (Phi) is 1.40. The summed E-state index contributed by atoms with van der Waals surface area (Å²) in [5, 5.41) is 7.25. The first-order valence-electron chi connectivity index (χ1n) is 3.50. The minimum absolute atomic E-state index is 0.0138. The maximum atomic E-state index is 10.9. The second-order valence-electron chi connectivity index (χ2n) is 2.52. The molecule has 2 rings (SSSR count). The number of ketones is 1. The Labute approximate surface area is 68.1 Å². The average Bonchev–Trinajstić information content (AvgIpc) is 2.49. The number of Topliss-reactive ketones (excluding diaryl/α,β-unsaturated/α-hetero) is 1. The molecule has 4 heteroatoms. The summed E-state index contributed by atoms with van der Waals surface area (Å²) >= 11 is 0. The first-order valence-corrected chi connectivity index (χ1v) is 3.50. The fourth-order valence-corrected chi connectivity index (χ4v) is 1.00. The first kappa shape index (κ1) is 6.97. The lowest BCUT2D eigenvalue weighted by Crippen LogP contribution is -1.90. The van der Waals surface area contributed by atoms with E-state index in [0.717, 1.165) is 0 Å². The van der Waals surface area contributed by atoms with Crippen LogP contribution in [0.5, 0.6) is 0 Å². The molecule has 0 atom stereocenters. The predicted octanol–water partition coefficient (Wildman–Crippen LogP) is 1.43. The van der Waals surface area contributed by atoms with E-state index in [1.54, 1.807) is 18.2 Å². The number of fused-ring (bicyclic) bond motifs is 1. The molecule has 1 heterocycles. The minimum Gasteiger partial charge on any atom is -0.295 e. The molecular weight excluding hydrogens is 156 g/mol. The third-order valence-corrected chi connectivity index (χ3v) is 1.66. The number of aromatic nitrogens is 2. The van der Waals surface area contributed by atoms with Gasteiger partial charge < -0.3 is 0 Å². The van der Waals surface area contributed by atoms with Gasteiger partial charge in [-0.05, 0) is 35.4 Å². The minimum atomic E-state index is 0.0138. The molecule has 12 heavy (non-hydrogen) atoms. The van der Waals surface area contributed by atoms with E-state index in [9.17, 15) is 4.79 Å². The van der Waals surface area contributed by atoms with Crippen molar-refractivity contribution in [2.45, 2.75) is 6.92 Å². The van der Waals surface area contributed by atoms with Crippen LogP contribution in [0.2, 0.25) is 0 Å². The fraction of sp³-hybridized carbons (Fsp3) is 0.125. The molecule has 60 valence electrons. The van der Waals surface area contributed by atoms with E-state index in [2.05, 4.69) is 14.9 Å². The third kappa shape index (κ3) is 0.972. The molecule has 0 bridgehead atoms. The lowest BCUT2D eigenvalue weighted by Gasteiger charge is -1.91. The third-order valence-electron chi connectivity index (χ3n) is 1.66. The second kappa shape index (κ2) is 2.41. The van der Waals surface area contributed by atoms with Gasteiger partial charge in [-0.15, -0.1) is 0 Å². The summed E-state index contributed by atoms with van der Waals surface area (Å²) in [4.78, 5) is 10.9. The quantitative estimate of drug-likeness (QED) is 0.595. The fourth-order valence-electron chi connectivity index (χ4n) is 1.00. The number of hydrogen-bond acceptors (Lipinski definition) is 4. The van der Waals surface area contributed by atoms with Crippen molar-refractivity contribution in [1.29, 1.82) is 0 Å². The smallest absolute Gasteiger partial charge is 0.159 e. The summed E-state index contributed by atoms with van der Waals surface area (Å²) in [5.41, 5.74) is 1.90. The molecule has 2 aromatic rings. The highest BCUT2D eigenvalue weighted by molar-refractivity contribution is 5.96. The highest BCUT2D eigenvalue weighted by atomic mass is 16.6. The molecule has 1 aromatic heterocycles. The molecule has 0 unspecified atom stereocenters. The van der Waals surface area contributed by atoms with Gasteiger partial charge in [0.05, 0.1) is 0 Å². The topological polar surface area (TPSA) is 56.0 Å². The SMILES string of the molecule is CC(=O)c1ccc2nonc2c1. The van der Waals surface area contributed by atoms with Gasteiger partial charge in [0.2, 0.25) is 0 Å². The zero-order chi connectivity index (χ0) is 8.55. The molecule has 0 fully saturated rings. The normalized spacial score (nSPS) is 10.4. The van der Waals surface area contributed by atoms with Crippen molar-refractivity contribution < 1.29 is 9.42 Å². The van der Waals surface area contributed by atoms with E-state index >= 15 is 0 Å². The first-order chi connectivity index (χ1) is 5.77. The molecule has 0 saturated heterocycles. The van der Waals surface area contributed by atoms with Gasteiger partial charge in [0.25, 0.3) is 0 Å². The van der Waals surface area contributed by atoms with Crippen LogP contribution in [-0.2, 0) is 0 Å². The molecule has 0 radical (unpaired) electrons. The van der Waals surface area contributed by atoms with Gasteiger partial charge in [-0.3, -0.25) is 4.79 Å². The van der Waals surface area contributed by atoms with Crippen LogP contribution in [0.25, 0.3) is 11.0 Å². The monoisotopic (exact) mass is 162 g/mol. The Bertz CT molecular complexity index is 433. The van der Waals surface area contributed by atoms with Gasteiger partial charge in [0.1, 0.15) is 11.0 Å². The maximum absolute atomic E-state index is 10.9. The van der Waals surface area contributed by atoms with Crippen molar-refractivity contribution >= 4 is 16.8 Å². The second-order valence-corrected chi connectivity index (χ2v) is 2.52. The van der Waals surface area contributed by atoms with E-state index in [0.29, 0.717) is 16.6 Å². The highest BCUT2D eigenvalue weighted by Crippen LogP contribution is 2.11.